The molecule has 8 nitrogen and oxygen atoms in total. The van der Waals surface area contributed by atoms with Crippen LogP contribution in [0.25, 0.3) is 0 Å². The summed E-state index contributed by atoms with van der Waals surface area (Å²) in [4.78, 5) is 23.0. The number of phosphoric ester groups is 1. The molecule has 0 aliphatic heterocycles. The van der Waals surface area contributed by atoms with Crippen molar-refractivity contribution in [1.29, 1.82) is 0 Å². The van der Waals surface area contributed by atoms with Gasteiger partial charge in [-0.25, -0.2) is 0 Å². The molecule has 0 saturated carbocycles. The largest absolute Gasteiger partial charge is 0.756 e. The van der Waals surface area contributed by atoms with Crippen molar-refractivity contribution in [3.63, 3.8) is 0 Å². The average Bonchev–Trinajstić information content (AvgIpc) is 2.77. The van der Waals surface area contributed by atoms with Gasteiger partial charge in [-0.2, -0.15) is 0 Å². The summed E-state index contributed by atoms with van der Waals surface area (Å²) < 4.78 is 25.3. The van der Waals surface area contributed by atoms with Gasteiger partial charge in [0.1, 0.15) is 19.3 Å². The van der Waals surface area contributed by atoms with Gasteiger partial charge in [-0.05, 0) is 38.5 Å². The van der Waals surface area contributed by atoms with E-state index in [-0.39, 0.29) is 26.2 Å². The van der Waals surface area contributed by atoms with Crippen LogP contribution < -0.4 is 10.6 Å². The number of carbonyl (C=O) groups excluding carboxylic acids is 1. The lowest BCUT2D eigenvalue weighted by atomic mass is 10.1. The maximum absolute atomic E-state index is 11.7. The molecule has 0 fully saturated rings. The Morgan fingerprint density at radius 2 is 1.59 bits per heavy atom. The van der Waals surface area contributed by atoms with Crippen LogP contribution in [0.5, 0.6) is 0 Å². The molecule has 9 heteroatoms. The van der Waals surface area contributed by atoms with Crippen molar-refractivity contribution in [2.75, 3.05) is 26.4 Å². The number of unbranched alkanes of at least 4 members (excludes halogenated alkanes) is 8. The van der Waals surface area contributed by atoms with E-state index in [1.807, 2.05) is 0 Å². The van der Waals surface area contributed by atoms with Crippen LogP contribution in [0.1, 0.15) is 84.0 Å². The molecule has 0 radical (unpaired) electrons. The standard InChI is InChI=1S/C23H44NO7P/c1-2-3-4-5-6-7-8-9-10-11-12-13-14-15-16-17-23(26)29-20-22(25)21-31-32(27,28)30-19-18-24/h6-7,9-10,22,25H,2-5,8,11-21,24H2,1H3,(H,27,28)/b7-6-,10-9-/t22-/m1/s1. The smallest absolute Gasteiger partial charge is 0.305 e. The molecule has 188 valence electrons. The van der Waals surface area contributed by atoms with Crippen molar-refractivity contribution in [2.24, 2.45) is 0 Å². The van der Waals surface area contributed by atoms with Gasteiger partial charge in [-0.1, -0.05) is 63.3 Å². The molecule has 2 atom stereocenters. The zero-order chi connectivity index (χ0) is 23.9. The topological polar surface area (TPSA) is 133 Å². The van der Waals surface area contributed by atoms with Crippen molar-refractivity contribution in [3.05, 3.63) is 24.3 Å². The van der Waals surface area contributed by atoms with Crippen LogP contribution >= 0.6 is 7.82 Å². The summed E-state index contributed by atoms with van der Waals surface area (Å²) in [5.74, 6) is -0.409. The van der Waals surface area contributed by atoms with Crippen LogP contribution in [0.2, 0.25) is 0 Å². The summed E-state index contributed by atoms with van der Waals surface area (Å²) >= 11 is 0. The minimum atomic E-state index is -4.45. The normalized spacial score (nSPS) is 14.8. The van der Waals surface area contributed by atoms with Crippen molar-refractivity contribution < 1.29 is 38.9 Å². The zero-order valence-electron chi connectivity index (χ0n) is 19.8. The number of allylic oxidation sites excluding steroid dienone is 4. The van der Waals surface area contributed by atoms with Gasteiger partial charge in [-0.3, -0.25) is 9.36 Å². The monoisotopic (exact) mass is 477 g/mol. The number of carbonyl (C=O) groups is 1. The minimum Gasteiger partial charge on any atom is -0.756 e. The third-order valence-electron chi connectivity index (χ3n) is 4.59. The second-order valence-electron chi connectivity index (χ2n) is 7.75. The first-order valence-corrected chi connectivity index (χ1v) is 13.4. The summed E-state index contributed by atoms with van der Waals surface area (Å²) in [5, 5.41) is 9.65. The highest BCUT2D eigenvalue weighted by atomic mass is 31.2. The molecule has 0 amide bonds. The van der Waals surface area contributed by atoms with Crippen LogP contribution in [0.3, 0.4) is 0 Å². The van der Waals surface area contributed by atoms with E-state index in [1.165, 1.54) is 25.7 Å². The Bertz CT molecular complexity index is 554. The lowest BCUT2D eigenvalue weighted by Crippen LogP contribution is -2.52. The Kier molecular flexibility index (Phi) is 21.1. The van der Waals surface area contributed by atoms with Crippen molar-refractivity contribution in [3.8, 4) is 0 Å². The molecule has 0 aromatic heterocycles. The molecule has 0 aromatic rings. The Morgan fingerprint density at radius 3 is 2.25 bits per heavy atom. The Balaban J connectivity index is 3.54. The molecule has 0 aliphatic rings. The molecule has 0 heterocycles. The number of aliphatic hydroxyl groups is 1. The molecule has 0 aliphatic carbocycles. The molecular weight excluding hydrogens is 433 g/mol. The average molecular weight is 478 g/mol. The van der Waals surface area contributed by atoms with E-state index in [2.05, 4.69) is 46.0 Å². The Hall–Kier alpha value is -1.02. The minimum absolute atomic E-state index is 0.0839. The van der Waals surface area contributed by atoms with E-state index in [9.17, 15) is 19.4 Å². The van der Waals surface area contributed by atoms with Gasteiger partial charge >= 0.3 is 5.97 Å². The van der Waals surface area contributed by atoms with E-state index >= 15 is 0 Å². The first kappa shape index (κ1) is 31.0. The summed E-state index contributed by atoms with van der Waals surface area (Å²) in [5.41, 5.74) is 3.45. The van der Waals surface area contributed by atoms with Gasteiger partial charge in [0, 0.05) is 6.42 Å². The zero-order valence-corrected chi connectivity index (χ0v) is 20.6. The molecule has 1 unspecified atom stereocenters. The van der Waals surface area contributed by atoms with E-state index in [4.69, 9.17) is 4.74 Å². The first-order valence-electron chi connectivity index (χ1n) is 11.9. The van der Waals surface area contributed by atoms with Crippen LogP contribution in [0.15, 0.2) is 24.3 Å². The second-order valence-corrected chi connectivity index (χ2v) is 9.16. The molecule has 32 heavy (non-hydrogen) atoms. The molecule has 0 aromatic carbocycles. The van der Waals surface area contributed by atoms with Crippen molar-refractivity contribution in [1.82, 2.24) is 0 Å². The Morgan fingerprint density at radius 1 is 0.969 bits per heavy atom. The van der Waals surface area contributed by atoms with Crippen LogP contribution in [0.4, 0.5) is 0 Å². The summed E-state index contributed by atoms with van der Waals surface area (Å²) in [6, 6.07) is 0. The lowest BCUT2D eigenvalue weighted by molar-refractivity contribution is -0.373. The molecular formula is C23H44NO7P. The van der Waals surface area contributed by atoms with Crippen LogP contribution in [-0.2, 0) is 23.1 Å². The van der Waals surface area contributed by atoms with E-state index in [1.54, 1.807) is 0 Å². The molecule has 4 N–H and O–H groups in total. The molecule has 0 rings (SSSR count). The number of hydrogen-bond donors (Lipinski definition) is 2. The third kappa shape index (κ3) is 22.2. The van der Waals surface area contributed by atoms with Gasteiger partial charge in [0.2, 0.25) is 0 Å². The van der Waals surface area contributed by atoms with Gasteiger partial charge in [-0.15, -0.1) is 0 Å². The summed E-state index contributed by atoms with van der Waals surface area (Å²) in [6.07, 6.45) is 20.2. The number of ether oxygens (including phenoxy) is 1. The fraction of sp³-hybridized carbons (Fsp3) is 0.783. The van der Waals surface area contributed by atoms with Crippen LogP contribution in [0, 0.1) is 0 Å². The molecule has 0 spiro atoms. The molecule has 0 saturated heterocycles. The number of esters is 1. The number of phosphoric acid groups is 1. The highest BCUT2D eigenvalue weighted by Crippen LogP contribution is 2.37. The lowest BCUT2D eigenvalue weighted by Gasteiger charge is -2.23. The number of rotatable bonds is 22. The van der Waals surface area contributed by atoms with E-state index < -0.39 is 26.5 Å². The van der Waals surface area contributed by atoms with Gasteiger partial charge in [0.15, 0.2) is 0 Å². The van der Waals surface area contributed by atoms with Crippen LogP contribution in [-0.4, -0.2) is 43.5 Å². The maximum Gasteiger partial charge on any atom is 0.305 e. The number of quaternary nitrogens is 1. The predicted molar refractivity (Wildman–Crippen MR) is 124 cm³/mol. The van der Waals surface area contributed by atoms with Gasteiger partial charge in [0.25, 0.3) is 7.82 Å². The fourth-order valence-electron chi connectivity index (χ4n) is 2.78. The van der Waals surface area contributed by atoms with Gasteiger partial charge in [0.05, 0.1) is 13.2 Å². The maximum atomic E-state index is 11.7. The summed E-state index contributed by atoms with van der Waals surface area (Å²) in [6.45, 7) is 1.59. The quantitative estimate of drug-likeness (QED) is 0.106. The fourth-order valence-corrected chi connectivity index (χ4v) is 3.56. The van der Waals surface area contributed by atoms with Gasteiger partial charge < -0.3 is 29.5 Å². The highest BCUT2D eigenvalue weighted by molar-refractivity contribution is 7.45. The van der Waals surface area contributed by atoms with E-state index in [0.29, 0.717) is 0 Å². The van der Waals surface area contributed by atoms with Crippen molar-refractivity contribution >= 4 is 13.8 Å². The van der Waals surface area contributed by atoms with E-state index in [0.717, 1.165) is 44.9 Å². The first-order chi connectivity index (χ1) is 15.4. The summed E-state index contributed by atoms with van der Waals surface area (Å²) in [7, 11) is -4.45. The van der Waals surface area contributed by atoms with Crippen molar-refractivity contribution in [2.45, 2.75) is 90.1 Å². The highest BCUT2D eigenvalue weighted by Gasteiger charge is 2.14. The number of aliphatic hydroxyl groups excluding tert-OH is 1. The molecule has 0 bridgehead atoms. The third-order valence-corrected chi connectivity index (χ3v) is 5.55. The SMILES string of the molecule is CCCCC/C=C\C/C=C\CCCCCCCC(=O)OC[C@@H](O)COP(=O)([O-])OCC[NH3+]. The second kappa shape index (κ2) is 21.8. The predicted octanol–water partition coefficient (Wildman–Crippen LogP) is 3.45. The Labute approximate surface area is 193 Å². The number of hydrogen-bond acceptors (Lipinski definition) is 7.